The van der Waals surface area contributed by atoms with Gasteiger partial charge >= 0.3 is 0 Å². The zero-order chi connectivity index (χ0) is 18.2. The molecule has 0 bridgehead atoms. The van der Waals surface area contributed by atoms with Crippen molar-refractivity contribution in [1.82, 2.24) is 10.2 Å². The quantitative estimate of drug-likeness (QED) is 0.744. The molecule has 0 radical (unpaired) electrons. The Hall–Kier alpha value is -1.63. The molecule has 0 aromatic heterocycles. The third-order valence-electron chi connectivity index (χ3n) is 4.78. The average molecular weight is 350 g/mol. The van der Waals surface area contributed by atoms with Crippen LogP contribution in [0.1, 0.15) is 30.9 Å². The fraction of sp³-hybridized carbons (Fsp3) is 0.632. The van der Waals surface area contributed by atoms with E-state index in [1.807, 2.05) is 25.1 Å². The van der Waals surface area contributed by atoms with Gasteiger partial charge in [-0.05, 0) is 31.0 Å². The lowest BCUT2D eigenvalue weighted by Gasteiger charge is -2.37. The van der Waals surface area contributed by atoms with Gasteiger partial charge in [-0.25, -0.2) is 0 Å². The minimum Gasteiger partial charge on any atom is -0.494 e. The van der Waals surface area contributed by atoms with Gasteiger partial charge in [0.2, 0.25) is 5.91 Å². The molecule has 1 aliphatic heterocycles. The first kappa shape index (κ1) is 19.7. The van der Waals surface area contributed by atoms with E-state index >= 15 is 0 Å². The summed E-state index contributed by atoms with van der Waals surface area (Å²) in [5.74, 6) is 0.987. The molecule has 2 N–H and O–H groups in total. The van der Waals surface area contributed by atoms with Crippen molar-refractivity contribution in [3.05, 3.63) is 29.3 Å². The van der Waals surface area contributed by atoms with Crippen molar-refractivity contribution in [2.24, 2.45) is 5.92 Å². The summed E-state index contributed by atoms with van der Waals surface area (Å²) in [6.07, 6.45) is 1.53. The number of carbonyl (C=O) groups is 1. The molecule has 0 spiro atoms. The van der Waals surface area contributed by atoms with Gasteiger partial charge in [0.25, 0.3) is 0 Å². The number of aliphatic hydroxyl groups is 1. The number of carbonyl (C=O) groups excluding carboxylic acids is 1. The van der Waals surface area contributed by atoms with Crippen LogP contribution in [0.25, 0.3) is 0 Å². The predicted molar refractivity (Wildman–Crippen MR) is 96.4 cm³/mol. The molecule has 1 saturated heterocycles. The minimum atomic E-state index is -0.0335. The molecular weight excluding hydrogens is 320 g/mol. The van der Waals surface area contributed by atoms with Gasteiger partial charge in [0.15, 0.2) is 0 Å². The smallest absolute Gasteiger partial charge is 0.220 e. The molecule has 0 aliphatic carbocycles. The Morgan fingerprint density at radius 3 is 2.88 bits per heavy atom. The Labute approximate surface area is 150 Å². The van der Waals surface area contributed by atoms with E-state index in [4.69, 9.17) is 9.47 Å². The number of amides is 1. The van der Waals surface area contributed by atoms with Crippen LogP contribution in [-0.2, 0) is 22.7 Å². The van der Waals surface area contributed by atoms with E-state index in [-0.39, 0.29) is 24.5 Å². The number of benzene rings is 1. The van der Waals surface area contributed by atoms with E-state index in [1.165, 1.54) is 0 Å². The summed E-state index contributed by atoms with van der Waals surface area (Å²) < 4.78 is 11.1. The van der Waals surface area contributed by atoms with Crippen LogP contribution in [0, 0.1) is 5.92 Å². The lowest BCUT2D eigenvalue weighted by molar-refractivity contribution is -0.123. The van der Waals surface area contributed by atoms with Crippen LogP contribution in [0.15, 0.2) is 18.2 Å². The first-order valence-corrected chi connectivity index (χ1v) is 8.92. The van der Waals surface area contributed by atoms with E-state index in [0.29, 0.717) is 13.0 Å². The van der Waals surface area contributed by atoms with Crippen molar-refractivity contribution in [1.29, 1.82) is 0 Å². The van der Waals surface area contributed by atoms with Crippen molar-refractivity contribution in [3.8, 4) is 5.75 Å². The Morgan fingerprint density at radius 2 is 2.24 bits per heavy atom. The molecule has 2 atom stereocenters. The number of hydrogen-bond acceptors (Lipinski definition) is 5. The summed E-state index contributed by atoms with van der Waals surface area (Å²) in [5, 5.41) is 12.3. The molecule has 25 heavy (non-hydrogen) atoms. The molecule has 0 unspecified atom stereocenters. The van der Waals surface area contributed by atoms with E-state index in [2.05, 4.69) is 10.2 Å². The van der Waals surface area contributed by atoms with Crippen molar-refractivity contribution < 1.29 is 19.4 Å². The summed E-state index contributed by atoms with van der Waals surface area (Å²) in [6, 6.07) is 5.97. The maximum atomic E-state index is 11.8. The van der Waals surface area contributed by atoms with E-state index in [9.17, 15) is 9.90 Å². The van der Waals surface area contributed by atoms with Crippen LogP contribution in [-0.4, -0.2) is 55.9 Å². The highest BCUT2D eigenvalue weighted by molar-refractivity contribution is 5.75. The molecule has 6 heteroatoms. The second kappa shape index (κ2) is 9.75. The van der Waals surface area contributed by atoms with Crippen LogP contribution < -0.4 is 10.1 Å². The number of methoxy groups -OCH3 is 1. The molecule has 1 heterocycles. The first-order chi connectivity index (χ1) is 12.1. The minimum absolute atomic E-state index is 0.0335. The number of likely N-dealkylation sites (tertiary alicyclic amines) is 1. The van der Waals surface area contributed by atoms with Crippen LogP contribution in [0.2, 0.25) is 0 Å². The highest BCUT2D eigenvalue weighted by atomic mass is 16.5. The number of ether oxygens (including phenoxy) is 2. The number of nitrogens with one attached hydrogen (secondary N) is 1. The summed E-state index contributed by atoms with van der Waals surface area (Å²) in [5.41, 5.74) is 1.95. The summed E-state index contributed by atoms with van der Waals surface area (Å²) >= 11 is 0. The first-order valence-electron chi connectivity index (χ1n) is 8.92. The highest BCUT2D eigenvalue weighted by Gasteiger charge is 2.30. The van der Waals surface area contributed by atoms with Gasteiger partial charge in [-0.15, -0.1) is 0 Å². The van der Waals surface area contributed by atoms with Gasteiger partial charge in [0.05, 0.1) is 19.3 Å². The number of rotatable bonds is 8. The number of nitrogens with zero attached hydrogens (tertiary/aromatic N) is 1. The number of hydrogen-bond donors (Lipinski definition) is 2. The Balaban J connectivity index is 2.03. The summed E-state index contributed by atoms with van der Waals surface area (Å²) in [6.45, 7) is 5.03. The lowest BCUT2D eigenvalue weighted by atomic mass is 9.91. The molecule has 2 rings (SSSR count). The van der Waals surface area contributed by atoms with Crippen LogP contribution in [0.5, 0.6) is 5.75 Å². The molecular formula is C19H30N2O4. The third kappa shape index (κ3) is 5.42. The zero-order valence-corrected chi connectivity index (χ0v) is 15.5. The van der Waals surface area contributed by atoms with Crippen molar-refractivity contribution in [2.75, 3.05) is 33.9 Å². The molecule has 1 fully saturated rings. The lowest BCUT2D eigenvalue weighted by Crippen LogP contribution is -2.45. The zero-order valence-electron chi connectivity index (χ0n) is 15.5. The summed E-state index contributed by atoms with van der Waals surface area (Å²) in [4.78, 5) is 14.1. The monoisotopic (exact) mass is 350 g/mol. The van der Waals surface area contributed by atoms with Gasteiger partial charge in [0.1, 0.15) is 5.75 Å². The second-order valence-corrected chi connectivity index (χ2v) is 6.47. The van der Waals surface area contributed by atoms with Gasteiger partial charge in [0, 0.05) is 51.7 Å². The van der Waals surface area contributed by atoms with Crippen molar-refractivity contribution in [2.45, 2.75) is 39.0 Å². The number of aliphatic hydroxyl groups excluding tert-OH is 1. The van der Waals surface area contributed by atoms with Crippen molar-refractivity contribution >= 4 is 5.91 Å². The third-order valence-corrected chi connectivity index (χ3v) is 4.78. The molecule has 1 aromatic carbocycles. The Morgan fingerprint density at radius 1 is 1.44 bits per heavy atom. The standard InChI is InChI=1S/C19H30N2O4/c1-4-25-18-6-5-14(9-16(18)13-22)11-21-8-7-17(24-3)15(12-21)10-19(23)20-2/h5-6,9,15,17,22H,4,7-8,10-13H2,1-3H3,(H,20,23)/t15-,17-/m1/s1. The normalized spacial score (nSPS) is 21.1. The topological polar surface area (TPSA) is 71.0 Å². The predicted octanol–water partition coefficient (Wildman–Crippen LogP) is 1.55. The fourth-order valence-corrected chi connectivity index (χ4v) is 3.49. The van der Waals surface area contributed by atoms with Crippen molar-refractivity contribution in [3.63, 3.8) is 0 Å². The summed E-state index contributed by atoms with van der Waals surface area (Å²) in [7, 11) is 3.39. The van der Waals surface area contributed by atoms with Gasteiger partial charge < -0.3 is 19.9 Å². The second-order valence-electron chi connectivity index (χ2n) is 6.47. The molecule has 1 aliphatic rings. The van der Waals surface area contributed by atoms with Gasteiger partial charge in [-0.2, -0.15) is 0 Å². The number of piperidine rings is 1. The van der Waals surface area contributed by atoms with E-state index in [0.717, 1.165) is 42.9 Å². The molecule has 140 valence electrons. The van der Waals surface area contributed by atoms with Gasteiger partial charge in [-0.1, -0.05) is 6.07 Å². The maximum Gasteiger partial charge on any atom is 0.220 e. The van der Waals surface area contributed by atoms with E-state index < -0.39 is 0 Å². The largest absolute Gasteiger partial charge is 0.494 e. The van der Waals surface area contributed by atoms with E-state index in [1.54, 1.807) is 14.2 Å². The highest BCUT2D eigenvalue weighted by Crippen LogP contribution is 2.26. The maximum absolute atomic E-state index is 11.8. The fourth-order valence-electron chi connectivity index (χ4n) is 3.49. The van der Waals surface area contributed by atoms with Crippen LogP contribution in [0.4, 0.5) is 0 Å². The molecule has 1 amide bonds. The molecule has 1 aromatic rings. The van der Waals surface area contributed by atoms with Crippen LogP contribution in [0.3, 0.4) is 0 Å². The molecule has 0 saturated carbocycles. The SMILES string of the molecule is CCOc1ccc(CN2CC[C@@H](OC)[C@H](CC(=O)NC)C2)cc1CO. The molecule has 6 nitrogen and oxygen atoms in total. The van der Waals surface area contributed by atoms with Crippen LogP contribution >= 0.6 is 0 Å². The Kier molecular flexibility index (Phi) is 7.68. The van der Waals surface area contributed by atoms with Gasteiger partial charge in [-0.3, -0.25) is 9.69 Å². The average Bonchev–Trinajstić information content (AvgIpc) is 2.63. The Bertz CT molecular complexity index is 564.